The molecule has 5 rings (SSSR count). The summed E-state index contributed by atoms with van der Waals surface area (Å²) in [5.74, 6) is -0.916. The lowest BCUT2D eigenvalue weighted by Gasteiger charge is -2.60. The molecule has 12 heteroatoms. The number of benzene rings is 1. The number of aliphatic carboxylic acids is 1. The van der Waals surface area contributed by atoms with E-state index in [1.807, 2.05) is 6.92 Å². The van der Waals surface area contributed by atoms with Crippen LogP contribution in [0.15, 0.2) is 24.4 Å². The molecule has 2 saturated heterocycles. The van der Waals surface area contributed by atoms with Crippen LogP contribution in [0.1, 0.15) is 31.7 Å². The van der Waals surface area contributed by atoms with Gasteiger partial charge in [0.2, 0.25) is 0 Å². The van der Waals surface area contributed by atoms with Crippen LogP contribution in [-0.4, -0.2) is 48.6 Å². The molecule has 2 aromatic rings. The second-order valence-electron chi connectivity index (χ2n) is 7.73. The number of aromatic nitrogens is 3. The van der Waals surface area contributed by atoms with Gasteiger partial charge in [-0.15, -0.1) is 9.90 Å². The Hall–Kier alpha value is -2.82. The van der Waals surface area contributed by atoms with Crippen molar-refractivity contribution in [2.75, 3.05) is 5.32 Å². The van der Waals surface area contributed by atoms with E-state index in [1.54, 1.807) is 0 Å². The fraction of sp³-hybridized carbons (Fsp3) is 0.444. The van der Waals surface area contributed by atoms with E-state index in [4.69, 9.17) is 11.6 Å². The van der Waals surface area contributed by atoms with E-state index in [0.29, 0.717) is 19.3 Å². The summed E-state index contributed by atoms with van der Waals surface area (Å²) >= 11 is 5.67. The van der Waals surface area contributed by atoms with Gasteiger partial charge in [0.25, 0.3) is 0 Å². The molecule has 2 aliphatic heterocycles. The van der Waals surface area contributed by atoms with Crippen LogP contribution in [0.2, 0.25) is 5.15 Å². The molecule has 1 aromatic heterocycles. The zero-order valence-electron chi connectivity index (χ0n) is 15.6. The Morgan fingerprint density at radius 1 is 1.33 bits per heavy atom. The number of halogens is 4. The molecule has 3 heterocycles. The normalized spacial score (nSPS) is 25.6. The Morgan fingerprint density at radius 3 is 2.67 bits per heavy atom. The number of anilines is 1. The minimum Gasteiger partial charge on any atom is -0.479 e. The molecule has 3 atom stereocenters. The molecule has 3 aliphatic rings. The van der Waals surface area contributed by atoms with Gasteiger partial charge in [0, 0.05) is 18.2 Å². The Bertz CT molecular complexity index is 1030. The van der Waals surface area contributed by atoms with E-state index >= 15 is 0 Å². The van der Waals surface area contributed by atoms with Crippen LogP contribution in [0.4, 0.5) is 23.7 Å². The second-order valence-corrected chi connectivity index (χ2v) is 8.11. The Labute approximate surface area is 173 Å². The first-order chi connectivity index (χ1) is 14.0. The summed E-state index contributed by atoms with van der Waals surface area (Å²) in [5.41, 5.74) is -2.66. The summed E-state index contributed by atoms with van der Waals surface area (Å²) in [6.07, 6.45) is -2.22. The van der Waals surface area contributed by atoms with Gasteiger partial charge >= 0.3 is 18.2 Å². The number of carbonyl (C=O) groups excluding carboxylic acids is 1. The number of carboxylic acids is 1. The Kier molecular flexibility index (Phi) is 4.68. The summed E-state index contributed by atoms with van der Waals surface area (Å²) < 4.78 is 40.2. The van der Waals surface area contributed by atoms with E-state index in [1.165, 1.54) is 4.90 Å². The van der Waals surface area contributed by atoms with Crippen LogP contribution < -0.4 is 5.32 Å². The molecule has 1 aliphatic carbocycles. The number of nitrogens with one attached hydrogen (secondary N) is 1. The van der Waals surface area contributed by atoms with Crippen molar-refractivity contribution < 1.29 is 27.9 Å². The van der Waals surface area contributed by atoms with Crippen LogP contribution in [-0.2, 0) is 11.0 Å². The minimum atomic E-state index is -4.68. The van der Waals surface area contributed by atoms with Gasteiger partial charge in [0.1, 0.15) is 5.54 Å². The number of urea groups is 1. The standard InChI is InChI=1S/C18H17ClF3N5O3/c1-9-4-11-7-17(6-9,15(28)29)26(11)16(30)24-10-2-3-12(18(20,21)22)13(5-10)27-23-8-14(19)25-27/h2-3,5,8-9,11H,4,6-7H2,1H3,(H,24,30)(H,28,29). The average molecular weight is 444 g/mol. The van der Waals surface area contributed by atoms with E-state index in [9.17, 15) is 27.9 Å². The highest BCUT2D eigenvalue weighted by molar-refractivity contribution is 6.29. The lowest BCUT2D eigenvalue weighted by molar-refractivity contribution is -0.173. The fourth-order valence-electron chi connectivity index (χ4n) is 4.51. The Morgan fingerprint density at radius 2 is 2.07 bits per heavy atom. The summed E-state index contributed by atoms with van der Waals surface area (Å²) in [7, 11) is 0. The maximum absolute atomic E-state index is 13.4. The van der Waals surface area contributed by atoms with Crippen molar-refractivity contribution in [2.45, 2.75) is 43.9 Å². The maximum Gasteiger partial charge on any atom is 0.418 e. The van der Waals surface area contributed by atoms with Crippen molar-refractivity contribution in [3.63, 3.8) is 0 Å². The zero-order valence-corrected chi connectivity index (χ0v) is 16.4. The van der Waals surface area contributed by atoms with Crippen LogP contribution in [0.25, 0.3) is 5.69 Å². The van der Waals surface area contributed by atoms with Crippen LogP contribution in [0.5, 0.6) is 0 Å². The van der Waals surface area contributed by atoms with Crippen molar-refractivity contribution in [1.29, 1.82) is 0 Å². The molecule has 30 heavy (non-hydrogen) atoms. The first-order valence-electron chi connectivity index (χ1n) is 9.14. The smallest absolute Gasteiger partial charge is 0.418 e. The summed E-state index contributed by atoms with van der Waals surface area (Å²) in [6.45, 7) is 1.93. The summed E-state index contributed by atoms with van der Waals surface area (Å²) in [5, 5.41) is 19.5. The molecule has 2 N–H and O–H groups in total. The van der Waals surface area contributed by atoms with Crippen LogP contribution >= 0.6 is 11.6 Å². The van der Waals surface area contributed by atoms with Gasteiger partial charge in [-0.1, -0.05) is 18.5 Å². The monoisotopic (exact) mass is 443 g/mol. The molecule has 2 amide bonds. The molecule has 0 radical (unpaired) electrons. The molecule has 0 spiro atoms. The first-order valence-corrected chi connectivity index (χ1v) is 9.52. The minimum absolute atomic E-state index is 0.0509. The highest BCUT2D eigenvalue weighted by Gasteiger charge is 2.63. The summed E-state index contributed by atoms with van der Waals surface area (Å²) in [6, 6.07) is 2.08. The largest absolute Gasteiger partial charge is 0.479 e. The highest BCUT2D eigenvalue weighted by atomic mass is 35.5. The quantitative estimate of drug-likeness (QED) is 0.751. The Balaban J connectivity index is 1.64. The SMILES string of the molecule is CC1CC2CC(C(=O)O)(C1)N2C(=O)Nc1ccc(C(F)(F)F)c(-n2ncc(Cl)n2)c1. The predicted molar refractivity (Wildman–Crippen MR) is 99.4 cm³/mol. The number of carboxylic acid groups (broad SMARTS) is 1. The number of hydrogen-bond donors (Lipinski definition) is 2. The van der Waals surface area contributed by atoms with Crippen molar-refractivity contribution >= 4 is 29.3 Å². The second kappa shape index (κ2) is 6.86. The number of fused-ring (bicyclic) bond motifs is 2. The van der Waals surface area contributed by atoms with Gasteiger partial charge in [0.15, 0.2) is 5.15 Å². The van der Waals surface area contributed by atoms with Gasteiger partial charge in [-0.3, -0.25) is 0 Å². The van der Waals surface area contributed by atoms with Gasteiger partial charge in [-0.05, 0) is 37.0 Å². The molecule has 1 aromatic carbocycles. The third kappa shape index (κ3) is 3.26. The van der Waals surface area contributed by atoms with Gasteiger partial charge in [-0.25, -0.2) is 9.59 Å². The molecule has 3 unspecified atom stereocenters. The van der Waals surface area contributed by atoms with E-state index in [2.05, 4.69) is 15.5 Å². The van der Waals surface area contributed by atoms with Gasteiger partial charge in [0.05, 0.1) is 17.4 Å². The first kappa shape index (κ1) is 20.5. The number of rotatable bonds is 3. The molecule has 3 fully saturated rings. The highest BCUT2D eigenvalue weighted by Crippen LogP contribution is 2.50. The lowest BCUT2D eigenvalue weighted by Crippen LogP contribution is -2.75. The zero-order chi connectivity index (χ0) is 21.8. The van der Waals surface area contributed by atoms with E-state index < -0.39 is 35.0 Å². The predicted octanol–water partition coefficient (Wildman–Crippen LogP) is 3.80. The van der Waals surface area contributed by atoms with Crippen molar-refractivity contribution in [1.82, 2.24) is 19.9 Å². The van der Waals surface area contributed by atoms with Crippen LogP contribution in [0, 0.1) is 5.92 Å². The number of carbonyl (C=O) groups is 2. The molecular weight excluding hydrogens is 427 g/mol. The van der Waals surface area contributed by atoms with Gasteiger partial charge < -0.3 is 15.3 Å². The van der Waals surface area contributed by atoms with Crippen molar-refractivity contribution in [2.24, 2.45) is 5.92 Å². The number of hydrogen-bond acceptors (Lipinski definition) is 4. The molecule has 2 bridgehead atoms. The number of nitrogens with zero attached hydrogens (tertiary/aromatic N) is 4. The van der Waals surface area contributed by atoms with Crippen molar-refractivity contribution in [3.05, 3.63) is 35.1 Å². The molecular formula is C18H17ClF3N5O3. The van der Waals surface area contributed by atoms with Crippen molar-refractivity contribution in [3.8, 4) is 5.69 Å². The topological polar surface area (TPSA) is 100 Å². The number of amides is 2. The van der Waals surface area contributed by atoms with E-state index in [0.717, 1.165) is 29.2 Å². The lowest BCUT2D eigenvalue weighted by atomic mass is 9.64. The average Bonchev–Trinajstić information content (AvgIpc) is 3.06. The number of piperidine rings is 1. The van der Waals surface area contributed by atoms with E-state index in [-0.39, 0.29) is 22.8 Å². The third-order valence-corrected chi connectivity index (χ3v) is 5.78. The summed E-state index contributed by atoms with van der Waals surface area (Å²) in [4.78, 5) is 26.7. The maximum atomic E-state index is 13.4. The molecule has 160 valence electrons. The van der Waals surface area contributed by atoms with Gasteiger partial charge in [-0.2, -0.15) is 18.3 Å². The molecule has 1 saturated carbocycles. The number of alkyl halides is 3. The van der Waals surface area contributed by atoms with Crippen LogP contribution in [0.3, 0.4) is 0 Å². The fourth-order valence-corrected chi connectivity index (χ4v) is 4.62. The third-order valence-electron chi connectivity index (χ3n) is 5.61. The molecule has 8 nitrogen and oxygen atoms in total.